The Labute approximate surface area is 138 Å². The zero-order chi connectivity index (χ0) is 15.9. The van der Waals surface area contributed by atoms with E-state index in [0.717, 1.165) is 21.3 Å². The van der Waals surface area contributed by atoms with Crippen LogP contribution in [0.1, 0.15) is 16.7 Å². The molecule has 5 heteroatoms. The Morgan fingerprint density at radius 2 is 1.95 bits per heavy atom. The normalized spacial score (nSPS) is 10.5. The summed E-state index contributed by atoms with van der Waals surface area (Å²) in [6.45, 7) is 2.89. The summed E-state index contributed by atoms with van der Waals surface area (Å²) in [6, 6.07) is 13.9. The highest BCUT2D eigenvalue weighted by Gasteiger charge is 2.06. The van der Waals surface area contributed by atoms with E-state index in [2.05, 4.69) is 33.4 Å². The molecule has 0 saturated heterocycles. The first kappa shape index (κ1) is 16.5. The highest BCUT2D eigenvalue weighted by atomic mass is 79.9. The van der Waals surface area contributed by atoms with Crippen molar-refractivity contribution >= 4 is 21.9 Å². The molecule has 0 aliphatic heterocycles. The fraction of sp³-hybridized carbons (Fsp3) is 0.235. The van der Waals surface area contributed by atoms with Crippen LogP contribution < -0.4 is 10.1 Å². The largest absolute Gasteiger partial charge is 0.489 e. The van der Waals surface area contributed by atoms with Gasteiger partial charge in [-0.2, -0.15) is 0 Å². The Kier molecular flexibility index (Phi) is 5.98. The van der Waals surface area contributed by atoms with Gasteiger partial charge < -0.3 is 15.2 Å². The van der Waals surface area contributed by atoms with Crippen molar-refractivity contribution in [2.75, 3.05) is 6.54 Å². The van der Waals surface area contributed by atoms with Crippen molar-refractivity contribution in [2.45, 2.75) is 20.1 Å². The minimum atomic E-state index is -0.878. The van der Waals surface area contributed by atoms with E-state index in [4.69, 9.17) is 9.84 Å². The summed E-state index contributed by atoms with van der Waals surface area (Å²) in [4.78, 5) is 10.6. The van der Waals surface area contributed by atoms with Gasteiger partial charge in [-0.25, -0.2) is 0 Å². The van der Waals surface area contributed by atoms with Crippen LogP contribution in [0.4, 0.5) is 0 Å². The zero-order valence-corrected chi connectivity index (χ0v) is 13.9. The predicted octanol–water partition coefficient (Wildman–Crippen LogP) is 3.51. The lowest BCUT2D eigenvalue weighted by Crippen LogP contribution is -2.22. The molecule has 0 unspecified atom stereocenters. The summed E-state index contributed by atoms with van der Waals surface area (Å²) in [5.41, 5.74) is 3.23. The summed E-state index contributed by atoms with van der Waals surface area (Å²) in [7, 11) is 0. The van der Waals surface area contributed by atoms with Crippen molar-refractivity contribution in [3.05, 3.63) is 63.6 Å². The third kappa shape index (κ3) is 5.16. The molecule has 2 rings (SSSR count). The molecule has 2 aromatic rings. The van der Waals surface area contributed by atoms with Crippen molar-refractivity contribution in [1.82, 2.24) is 5.32 Å². The maximum atomic E-state index is 10.6. The predicted molar refractivity (Wildman–Crippen MR) is 89.0 cm³/mol. The molecule has 116 valence electrons. The van der Waals surface area contributed by atoms with Gasteiger partial charge in [0.1, 0.15) is 12.4 Å². The molecule has 0 amide bonds. The van der Waals surface area contributed by atoms with Crippen molar-refractivity contribution in [1.29, 1.82) is 0 Å². The quantitative estimate of drug-likeness (QED) is 0.790. The Bertz CT molecular complexity index is 641. The molecule has 0 heterocycles. The van der Waals surface area contributed by atoms with Gasteiger partial charge in [0.2, 0.25) is 0 Å². The lowest BCUT2D eigenvalue weighted by atomic mass is 10.1. The van der Waals surface area contributed by atoms with Crippen molar-refractivity contribution in [3.8, 4) is 5.75 Å². The SMILES string of the molecule is Cc1ccc(COc2ccc(Br)cc2CNCC(=O)O)cc1. The monoisotopic (exact) mass is 363 g/mol. The molecule has 22 heavy (non-hydrogen) atoms. The van der Waals surface area contributed by atoms with Crippen LogP contribution in [-0.2, 0) is 17.9 Å². The first-order valence-corrected chi connectivity index (χ1v) is 7.73. The zero-order valence-electron chi connectivity index (χ0n) is 12.3. The lowest BCUT2D eigenvalue weighted by Gasteiger charge is -2.12. The van der Waals surface area contributed by atoms with E-state index in [1.54, 1.807) is 0 Å². The van der Waals surface area contributed by atoms with Crippen molar-refractivity contribution in [2.24, 2.45) is 0 Å². The van der Waals surface area contributed by atoms with Crippen LogP contribution in [0.3, 0.4) is 0 Å². The van der Waals surface area contributed by atoms with Gasteiger partial charge in [0, 0.05) is 16.6 Å². The number of aryl methyl sites for hydroxylation is 1. The van der Waals surface area contributed by atoms with Gasteiger partial charge in [0.05, 0.1) is 6.54 Å². The van der Waals surface area contributed by atoms with Gasteiger partial charge in [-0.05, 0) is 30.7 Å². The van der Waals surface area contributed by atoms with E-state index in [1.165, 1.54) is 5.56 Å². The molecule has 0 radical (unpaired) electrons. The number of carboxylic acids is 1. The maximum absolute atomic E-state index is 10.6. The number of nitrogens with one attached hydrogen (secondary N) is 1. The summed E-state index contributed by atoms with van der Waals surface area (Å²) in [5, 5.41) is 11.6. The molecule has 0 aliphatic rings. The molecular formula is C17H18BrNO3. The average molecular weight is 364 g/mol. The summed E-state index contributed by atoms with van der Waals surface area (Å²) in [5.74, 6) is -0.126. The minimum absolute atomic E-state index is 0.0794. The average Bonchev–Trinajstić information content (AvgIpc) is 2.48. The van der Waals surface area contributed by atoms with E-state index < -0.39 is 5.97 Å². The number of rotatable bonds is 7. The van der Waals surface area contributed by atoms with Crippen LogP contribution in [-0.4, -0.2) is 17.6 Å². The summed E-state index contributed by atoms with van der Waals surface area (Å²) in [6.07, 6.45) is 0. The Morgan fingerprint density at radius 1 is 1.23 bits per heavy atom. The van der Waals surface area contributed by atoms with Crippen LogP contribution in [0.25, 0.3) is 0 Å². The summed E-state index contributed by atoms with van der Waals surface area (Å²) < 4.78 is 6.80. The Hall–Kier alpha value is -1.85. The van der Waals surface area contributed by atoms with Crippen LogP contribution in [0.2, 0.25) is 0 Å². The number of benzene rings is 2. The molecule has 2 aromatic carbocycles. The van der Waals surface area contributed by atoms with E-state index in [0.29, 0.717) is 13.2 Å². The van der Waals surface area contributed by atoms with Gasteiger partial charge in [-0.1, -0.05) is 45.8 Å². The number of hydrogen-bond acceptors (Lipinski definition) is 3. The van der Waals surface area contributed by atoms with Crippen molar-refractivity contribution in [3.63, 3.8) is 0 Å². The first-order valence-electron chi connectivity index (χ1n) is 6.94. The Balaban J connectivity index is 2.02. The highest BCUT2D eigenvalue weighted by Crippen LogP contribution is 2.24. The molecule has 2 N–H and O–H groups in total. The molecule has 0 aliphatic carbocycles. The van der Waals surface area contributed by atoms with Crippen molar-refractivity contribution < 1.29 is 14.6 Å². The van der Waals surface area contributed by atoms with E-state index in [-0.39, 0.29) is 6.54 Å². The van der Waals surface area contributed by atoms with Gasteiger partial charge in [-0.15, -0.1) is 0 Å². The summed E-state index contributed by atoms with van der Waals surface area (Å²) >= 11 is 3.42. The number of hydrogen-bond donors (Lipinski definition) is 2. The third-order valence-electron chi connectivity index (χ3n) is 3.13. The van der Waals surface area contributed by atoms with Gasteiger partial charge >= 0.3 is 5.97 Å². The smallest absolute Gasteiger partial charge is 0.317 e. The molecular weight excluding hydrogens is 346 g/mol. The fourth-order valence-electron chi connectivity index (χ4n) is 1.98. The molecule has 0 aromatic heterocycles. The molecule has 4 nitrogen and oxygen atoms in total. The molecule has 0 saturated carbocycles. The van der Waals surface area contributed by atoms with Gasteiger partial charge in [-0.3, -0.25) is 4.79 Å². The number of ether oxygens (including phenoxy) is 1. The second-order valence-corrected chi connectivity index (χ2v) is 5.94. The first-order chi connectivity index (χ1) is 10.5. The molecule has 0 bridgehead atoms. The number of halogens is 1. The third-order valence-corrected chi connectivity index (χ3v) is 3.62. The number of carboxylic acid groups (broad SMARTS) is 1. The second-order valence-electron chi connectivity index (χ2n) is 5.02. The topological polar surface area (TPSA) is 58.6 Å². The van der Waals surface area contributed by atoms with E-state index >= 15 is 0 Å². The number of carbonyl (C=O) groups is 1. The van der Waals surface area contributed by atoms with Crippen LogP contribution in [0.5, 0.6) is 5.75 Å². The fourth-order valence-corrected chi connectivity index (χ4v) is 2.38. The van der Waals surface area contributed by atoms with E-state index in [1.807, 2.05) is 37.3 Å². The van der Waals surface area contributed by atoms with Crippen LogP contribution in [0.15, 0.2) is 46.9 Å². The lowest BCUT2D eigenvalue weighted by molar-refractivity contribution is -0.136. The van der Waals surface area contributed by atoms with Crippen LogP contribution in [0, 0.1) is 6.92 Å². The van der Waals surface area contributed by atoms with Crippen LogP contribution >= 0.6 is 15.9 Å². The van der Waals surface area contributed by atoms with Gasteiger partial charge in [0.25, 0.3) is 0 Å². The molecule has 0 spiro atoms. The highest BCUT2D eigenvalue weighted by molar-refractivity contribution is 9.10. The Morgan fingerprint density at radius 3 is 2.64 bits per heavy atom. The standard InChI is InChI=1S/C17H18BrNO3/c1-12-2-4-13(5-3-12)11-22-16-7-6-15(18)8-14(16)9-19-10-17(20)21/h2-8,19H,9-11H2,1H3,(H,20,21). The van der Waals surface area contributed by atoms with E-state index in [9.17, 15) is 4.79 Å². The number of aliphatic carboxylic acids is 1. The molecule has 0 atom stereocenters. The second kappa shape index (κ2) is 7.96. The minimum Gasteiger partial charge on any atom is -0.489 e. The molecule has 0 fully saturated rings. The maximum Gasteiger partial charge on any atom is 0.317 e. The van der Waals surface area contributed by atoms with Gasteiger partial charge in [0.15, 0.2) is 0 Å².